The van der Waals surface area contributed by atoms with E-state index in [-0.39, 0.29) is 5.75 Å². The predicted octanol–water partition coefficient (Wildman–Crippen LogP) is 1.77. The normalized spacial score (nSPS) is 20.6. The largest absolute Gasteiger partial charge is 0.331 e. The van der Waals surface area contributed by atoms with Crippen LogP contribution in [-0.4, -0.2) is 26.2 Å². The van der Waals surface area contributed by atoms with Crippen LogP contribution in [0.2, 0.25) is 5.02 Å². The van der Waals surface area contributed by atoms with Gasteiger partial charge in [0.2, 0.25) is 0 Å². The number of para-hydroxylation sites is 1. The molecule has 96 valence electrons. The maximum Gasteiger partial charge on any atom is 0.319 e. The smallest absolute Gasteiger partial charge is 0.319 e. The van der Waals surface area contributed by atoms with Crippen LogP contribution in [0.4, 0.5) is 10.5 Å². The van der Waals surface area contributed by atoms with Crippen molar-refractivity contribution in [1.82, 2.24) is 5.32 Å². The van der Waals surface area contributed by atoms with Crippen molar-refractivity contribution < 1.29 is 13.2 Å². The average Bonchev–Trinajstić information content (AvgIpc) is 2.61. The van der Waals surface area contributed by atoms with Crippen LogP contribution in [-0.2, 0) is 9.84 Å². The molecule has 0 bridgehead atoms. The second kappa shape index (κ2) is 4.99. The number of sulfone groups is 1. The fraction of sp³-hybridized carbons (Fsp3) is 0.182. The molecule has 0 aromatic heterocycles. The summed E-state index contributed by atoms with van der Waals surface area (Å²) in [5.74, 6) is -0.108. The summed E-state index contributed by atoms with van der Waals surface area (Å²) in [5, 5.41) is 6.61. The van der Waals surface area contributed by atoms with Gasteiger partial charge < -0.3 is 10.6 Å². The van der Waals surface area contributed by atoms with E-state index in [9.17, 15) is 13.2 Å². The maximum absolute atomic E-state index is 11.6. The van der Waals surface area contributed by atoms with Crippen molar-refractivity contribution in [1.29, 1.82) is 0 Å². The molecular weight excluding hydrogens is 276 g/mol. The number of rotatable bonds is 2. The van der Waals surface area contributed by atoms with Gasteiger partial charge in [-0.3, -0.25) is 0 Å². The number of carbonyl (C=O) groups excluding carboxylic acids is 1. The van der Waals surface area contributed by atoms with Gasteiger partial charge in [0.25, 0.3) is 0 Å². The fourth-order valence-electron chi connectivity index (χ4n) is 1.56. The highest BCUT2D eigenvalue weighted by Crippen LogP contribution is 2.20. The molecular formula is C11H11ClN2O3S. The maximum atomic E-state index is 11.6. The summed E-state index contributed by atoms with van der Waals surface area (Å²) in [6.45, 7) is 0. The van der Waals surface area contributed by atoms with Crippen LogP contribution in [0.5, 0.6) is 0 Å². The summed E-state index contributed by atoms with van der Waals surface area (Å²) >= 11 is 5.88. The molecule has 2 amide bonds. The number of carbonyl (C=O) groups is 1. The van der Waals surface area contributed by atoms with Crippen LogP contribution in [0.25, 0.3) is 0 Å². The third-order valence-electron chi connectivity index (χ3n) is 2.37. The summed E-state index contributed by atoms with van der Waals surface area (Å²) in [7, 11) is -3.17. The number of urea groups is 1. The van der Waals surface area contributed by atoms with E-state index in [0.717, 1.165) is 5.41 Å². The van der Waals surface area contributed by atoms with Crippen LogP contribution in [0.15, 0.2) is 35.7 Å². The third-order valence-corrected chi connectivity index (χ3v) is 4.09. The van der Waals surface area contributed by atoms with Gasteiger partial charge >= 0.3 is 6.03 Å². The Morgan fingerprint density at radius 3 is 2.67 bits per heavy atom. The van der Waals surface area contributed by atoms with Gasteiger partial charge in [0.15, 0.2) is 9.84 Å². The second-order valence-corrected chi connectivity index (χ2v) is 6.18. The van der Waals surface area contributed by atoms with Crippen molar-refractivity contribution in [3.63, 3.8) is 0 Å². The molecule has 1 heterocycles. The Labute approximate surface area is 110 Å². The minimum absolute atomic E-state index is 0.108. The lowest BCUT2D eigenvalue weighted by molar-refractivity contribution is 0.251. The highest BCUT2D eigenvalue weighted by atomic mass is 35.5. The fourth-order valence-corrected chi connectivity index (χ4v) is 2.97. The van der Waals surface area contributed by atoms with Crippen LogP contribution in [0.1, 0.15) is 0 Å². The molecule has 0 spiro atoms. The molecule has 0 saturated heterocycles. The third kappa shape index (κ3) is 3.24. The number of halogens is 1. The molecule has 0 saturated carbocycles. The van der Waals surface area contributed by atoms with E-state index in [1.807, 2.05) is 0 Å². The van der Waals surface area contributed by atoms with Crippen LogP contribution >= 0.6 is 11.6 Å². The van der Waals surface area contributed by atoms with Crippen LogP contribution in [0, 0.1) is 0 Å². The highest BCUT2D eigenvalue weighted by Gasteiger charge is 2.23. The lowest BCUT2D eigenvalue weighted by atomic mass is 10.3. The Balaban J connectivity index is 1.95. The molecule has 5 nitrogen and oxygen atoms in total. The molecule has 1 atom stereocenters. The van der Waals surface area contributed by atoms with E-state index >= 15 is 0 Å². The van der Waals surface area contributed by atoms with Gasteiger partial charge in [-0.2, -0.15) is 0 Å². The minimum atomic E-state index is -3.17. The quantitative estimate of drug-likeness (QED) is 0.870. The van der Waals surface area contributed by atoms with Gasteiger partial charge in [0.1, 0.15) is 0 Å². The number of hydrogen-bond donors (Lipinski definition) is 2. The van der Waals surface area contributed by atoms with E-state index in [1.165, 1.54) is 6.08 Å². The standard InChI is InChI=1S/C11H11ClN2O3S/c12-9-3-1-2-4-10(9)14-11(15)13-8-5-6-18(16,17)7-8/h1-6,8H,7H2,(H2,13,14,15)/t8-/m0/s1. The zero-order valence-electron chi connectivity index (χ0n) is 9.26. The van der Waals surface area contributed by atoms with Crippen molar-refractivity contribution in [3.05, 3.63) is 40.8 Å². The average molecular weight is 287 g/mol. The Morgan fingerprint density at radius 2 is 2.06 bits per heavy atom. The van der Waals surface area contributed by atoms with Gasteiger partial charge in [0.05, 0.1) is 22.5 Å². The Hall–Kier alpha value is -1.53. The summed E-state index contributed by atoms with van der Waals surface area (Å²) in [6, 6.07) is 5.80. The highest BCUT2D eigenvalue weighted by molar-refractivity contribution is 7.94. The van der Waals surface area contributed by atoms with E-state index in [4.69, 9.17) is 11.6 Å². The molecule has 0 aliphatic carbocycles. The Morgan fingerprint density at radius 1 is 1.33 bits per heavy atom. The zero-order valence-corrected chi connectivity index (χ0v) is 10.8. The lowest BCUT2D eigenvalue weighted by Crippen LogP contribution is -2.38. The number of anilines is 1. The zero-order chi connectivity index (χ0) is 13.2. The molecule has 7 heteroatoms. The first-order chi connectivity index (χ1) is 8.46. The van der Waals surface area contributed by atoms with Crippen molar-refractivity contribution in [2.45, 2.75) is 6.04 Å². The number of benzene rings is 1. The summed E-state index contributed by atoms with van der Waals surface area (Å²) in [6.07, 6.45) is 1.45. The monoisotopic (exact) mass is 286 g/mol. The predicted molar refractivity (Wildman–Crippen MR) is 70.3 cm³/mol. The number of hydrogen-bond acceptors (Lipinski definition) is 3. The first-order valence-electron chi connectivity index (χ1n) is 5.19. The lowest BCUT2D eigenvalue weighted by Gasteiger charge is -2.12. The van der Waals surface area contributed by atoms with Crippen molar-refractivity contribution >= 4 is 33.2 Å². The summed E-state index contributed by atoms with van der Waals surface area (Å²) in [4.78, 5) is 11.6. The molecule has 0 radical (unpaired) electrons. The van der Waals surface area contributed by atoms with Crippen molar-refractivity contribution in [2.24, 2.45) is 0 Å². The van der Waals surface area contributed by atoms with Gasteiger partial charge in [-0.25, -0.2) is 13.2 Å². The van der Waals surface area contributed by atoms with E-state index in [0.29, 0.717) is 10.7 Å². The Bertz CT molecular complexity index is 598. The summed E-state index contributed by atoms with van der Waals surface area (Å²) < 4.78 is 22.3. The topological polar surface area (TPSA) is 75.3 Å². The van der Waals surface area contributed by atoms with Gasteiger partial charge in [-0.15, -0.1) is 0 Å². The molecule has 0 fully saturated rings. The molecule has 18 heavy (non-hydrogen) atoms. The first kappa shape index (κ1) is 12.9. The Kier molecular flexibility index (Phi) is 3.58. The van der Waals surface area contributed by atoms with E-state index in [2.05, 4.69) is 10.6 Å². The molecule has 0 unspecified atom stereocenters. The van der Waals surface area contributed by atoms with Crippen molar-refractivity contribution in [3.8, 4) is 0 Å². The SMILES string of the molecule is O=C(Nc1ccccc1Cl)N[C@H]1C=CS(=O)(=O)C1. The van der Waals surface area contributed by atoms with Crippen LogP contribution < -0.4 is 10.6 Å². The van der Waals surface area contributed by atoms with E-state index < -0.39 is 21.9 Å². The van der Waals surface area contributed by atoms with Gasteiger partial charge in [0, 0.05) is 5.41 Å². The first-order valence-corrected chi connectivity index (χ1v) is 7.29. The molecule has 1 aliphatic heterocycles. The molecule has 1 aromatic carbocycles. The van der Waals surface area contributed by atoms with E-state index in [1.54, 1.807) is 24.3 Å². The summed E-state index contributed by atoms with van der Waals surface area (Å²) in [5.41, 5.74) is 0.474. The van der Waals surface area contributed by atoms with Crippen molar-refractivity contribution in [2.75, 3.05) is 11.1 Å². The number of amides is 2. The second-order valence-electron chi connectivity index (χ2n) is 3.84. The minimum Gasteiger partial charge on any atom is -0.331 e. The van der Waals surface area contributed by atoms with Crippen LogP contribution in [0.3, 0.4) is 0 Å². The molecule has 2 rings (SSSR count). The molecule has 1 aliphatic rings. The van der Waals surface area contributed by atoms with Gasteiger partial charge in [-0.1, -0.05) is 23.7 Å². The molecule has 2 N–H and O–H groups in total. The number of nitrogens with one attached hydrogen (secondary N) is 2. The van der Waals surface area contributed by atoms with Gasteiger partial charge in [-0.05, 0) is 18.2 Å². The molecule has 1 aromatic rings.